The van der Waals surface area contributed by atoms with E-state index in [0.717, 1.165) is 6.29 Å². The average molecular weight is 152 g/mol. The fraction of sp³-hybridized carbons (Fsp3) is 0.143. The molecule has 0 saturated heterocycles. The van der Waals surface area contributed by atoms with E-state index in [9.17, 15) is 4.79 Å². The van der Waals surface area contributed by atoms with Gasteiger partial charge >= 0.3 is 0 Å². The number of hydrogen-bond acceptors (Lipinski definition) is 3. The molecule has 0 spiro atoms. The molecule has 0 radical (unpaired) electrons. The topological polar surface area (TPSA) is 59.0 Å². The molecule has 3 N–H and O–H groups in total. The van der Waals surface area contributed by atoms with Crippen LogP contribution in [-0.2, 0) is 4.79 Å². The predicted molar refractivity (Wildman–Crippen MR) is 39.1 cm³/mol. The molecule has 1 aromatic heterocycles. The first kappa shape index (κ1) is 7.84. The molecule has 4 heteroatoms. The molecule has 0 bridgehead atoms. The van der Waals surface area contributed by atoms with E-state index in [-0.39, 0.29) is 0 Å². The molecule has 0 aliphatic rings. The first-order chi connectivity index (χ1) is 5.38. The van der Waals surface area contributed by atoms with E-state index in [1.807, 2.05) is 18.2 Å². The van der Waals surface area contributed by atoms with Gasteiger partial charge in [0.25, 0.3) is 6.17 Å². The summed E-state index contributed by atoms with van der Waals surface area (Å²) in [5.41, 5.74) is 2.36. The molecule has 11 heavy (non-hydrogen) atoms. The lowest BCUT2D eigenvalue weighted by Gasteiger charge is -2.01. The van der Waals surface area contributed by atoms with E-state index in [1.165, 1.54) is 0 Å². The van der Waals surface area contributed by atoms with E-state index in [4.69, 9.17) is 5.84 Å². The van der Waals surface area contributed by atoms with Gasteiger partial charge in [0.05, 0.1) is 0 Å². The molecule has 1 unspecified atom stereocenters. The predicted octanol–water partition coefficient (Wildman–Crippen LogP) is -0.865. The van der Waals surface area contributed by atoms with Crippen molar-refractivity contribution in [3.63, 3.8) is 0 Å². The van der Waals surface area contributed by atoms with Crippen molar-refractivity contribution in [1.82, 2.24) is 5.43 Å². The van der Waals surface area contributed by atoms with Crippen molar-refractivity contribution in [2.75, 3.05) is 0 Å². The van der Waals surface area contributed by atoms with Gasteiger partial charge in [-0.1, -0.05) is 6.07 Å². The van der Waals surface area contributed by atoms with Gasteiger partial charge in [0.15, 0.2) is 12.4 Å². The van der Waals surface area contributed by atoms with Crippen LogP contribution in [0.5, 0.6) is 0 Å². The monoisotopic (exact) mass is 152 g/mol. The number of rotatable bonds is 3. The van der Waals surface area contributed by atoms with Gasteiger partial charge in [-0.05, 0) is 0 Å². The molecule has 1 aromatic rings. The minimum atomic E-state index is -0.476. The highest BCUT2D eigenvalue weighted by molar-refractivity contribution is 5.52. The Kier molecular flexibility index (Phi) is 2.71. The molecule has 0 fully saturated rings. The molecular formula is C7H10N3O+. The molecular weight excluding hydrogens is 142 g/mol. The first-order valence-electron chi connectivity index (χ1n) is 3.25. The number of nitrogens with one attached hydrogen (secondary N) is 1. The quantitative estimate of drug-likeness (QED) is 0.256. The Morgan fingerprint density at radius 1 is 1.36 bits per heavy atom. The summed E-state index contributed by atoms with van der Waals surface area (Å²) in [5.74, 6) is 5.11. The lowest BCUT2D eigenvalue weighted by Crippen LogP contribution is -2.50. The molecule has 0 saturated carbocycles. The number of hydrazine groups is 1. The number of carbonyl (C=O) groups excluding carboxylic acids is 1. The van der Waals surface area contributed by atoms with Crippen LogP contribution in [0.1, 0.15) is 6.17 Å². The summed E-state index contributed by atoms with van der Waals surface area (Å²) in [7, 11) is 0. The van der Waals surface area contributed by atoms with Gasteiger partial charge in [-0.3, -0.25) is 10.6 Å². The molecule has 4 nitrogen and oxygen atoms in total. The number of nitrogens with zero attached hydrogens (tertiary/aromatic N) is 1. The summed E-state index contributed by atoms with van der Waals surface area (Å²) in [4.78, 5) is 10.4. The Balaban J connectivity index is 2.82. The molecule has 1 atom stereocenters. The third-order valence-electron chi connectivity index (χ3n) is 1.36. The van der Waals surface area contributed by atoms with Crippen LogP contribution >= 0.6 is 0 Å². The van der Waals surface area contributed by atoms with Gasteiger partial charge in [0.2, 0.25) is 6.29 Å². The third-order valence-corrected chi connectivity index (χ3v) is 1.36. The Morgan fingerprint density at radius 3 is 2.45 bits per heavy atom. The summed E-state index contributed by atoms with van der Waals surface area (Å²) in [5, 5.41) is 0. The normalized spacial score (nSPS) is 12.5. The van der Waals surface area contributed by atoms with Gasteiger partial charge in [0.1, 0.15) is 0 Å². The van der Waals surface area contributed by atoms with Crippen LogP contribution in [-0.4, -0.2) is 6.29 Å². The van der Waals surface area contributed by atoms with Gasteiger partial charge in [-0.25, -0.2) is 0 Å². The molecule has 0 aliphatic heterocycles. The van der Waals surface area contributed by atoms with E-state index in [2.05, 4.69) is 5.43 Å². The Morgan fingerprint density at radius 2 is 2.00 bits per heavy atom. The Bertz CT molecular complexity index is 224. The Labute approximate surface area is 64.6 Å². The van der Waals surface area contributed by atoms with Crippen LogP contribution in [0, 0.1) is 0 Å². The standard InChI is InChI=1S/C7H10N3O/c8-9-7(6-11)10-4-2-1-3-5-10/h1-7,9H,8H2/q+1. The summed E-state index contributed by atoms with van der Waals surface area (Å²) >= 11 is 0. The van der Waals surface area contributed by atoms with E-state index in [0.29, 0.717) is 0 Å². The highest BCUT2D eigenvalue weighted by Crippen LogP contribution is 1.83. The highest BCUT2D eigenvalue weighted by atomic mass is 16.1. The van der Waals surface area contributed by atoms with Crippen molar-refractivity contribution < 1.29 is 9.36 Å². The van der Waals surface area contributed by atoms with E-state index in [1.54, 1.807) is 17.0 Å². The third kappa shape index (κ3) is 1.83. The number of carbonyl (C=O) groups is 1. The van der Waals surface area contributed by atoms with Crippen LogP contribution in [0.15, 0.2) is 30.6 Å². The maximum atomic E-state index is 10.4. The SMILES string of the molecule is NNC(C=O)[n+]1ccccc1. The van der Waals surface area contributed by atoms with Crippen molar-refractivity contribution in [3.05, 3.63) is 30.6 Å². The fourth-order valence-electron chi connectivity index (χ4n) is 0.793. The van der Waals surface area contributed by atoms with Gasteiger partial charge < -0.3 is 0 Å². The number of pyridine rings is 1. The lowest BCUT2D eigenvalue weighted by molar-refractivity contribution is -0.713. The van der Waals surface area contributed by atoms with Crippen LogP contribution in [0.2, 0.25) is 0 Å². The number of aromatic nitrogens is 1. The van der Waals surface area contributed by atoms with Crippen LogP contribution in [0.4, 0.5) is 0 Å². The van der Waals surface area contributed by atoms with Crippen molar-refractivity contribution in [3.8, 4) is 0 Å². The average Bonchev–Trinajstić information content (AvgIpc) is 2.09. The maximum absolute atomic E-state index is 10.4. The molecule has 0 aromatic carbocycles. The summed E-state index contributed by atoms with van der Waals surface area (Å²) in [6.07, 6.45) is 3.79. The molecule has 1 heterocycles. The zero-order valence-corrected chi connectivity index (χ0v) is 5.97. The molecule has 58 valence electrons. The second-order valence-corrected chi connectivity index (χ2v) is 2.07. The summed E-state index contributed by atoms with van der Waals surface area (Å²) in [6, 6.07) is 5.52. The zero-order valence-electron chi connectivity index (χ0n) is 5.97. The fourth-order valence-corrected chi connectivity index (χ4v) is 0.793. The minimum absolute atomic E-state index is 0.476. The summed E-state index contributed by atoms with van der Waals surface area (Å²) in [6.45, 7) is 0. The number of hydrogen-bond donors (Lipinski definition) is 2. The van der Waals surface area contributed by atoms with E-state index < -0.39 is 6.17 Å². The zero-order chi connectivity index (χ0) is 8.10. The summed E-state index contributed by atoms with van der Waals surface area (Å²) < 4.78 is 1.67. The first-order valence-corrected chi connectivity index (χ1v) is 3.25. The second kappa shape index (κ2) is 3.80. The second-order valence-electron chi connectivity index (χ2n) is 2.07. The van der Waals surface area contributed by atoms with Crippen molar-refractivity contribution >= 4 is 6.29 Å². The van der Waals surface area contributed by atoms with Crippen LogP contribution < -0.4 is 15.8 Å². The van der Waals surface area contributed by atoms with Gasteiger partial charge in [0, 0.05) is 12.1 Å². The number of aldehydes is 1. The van der Waals surface area contributed by atoms with Crippen LogP contribution in [0.3, 0.4) is 0 Å². The highest BCUT2D eigenvalue weighted by Gasteiger charge is 2.12. The largest absolute Gasteiger partial charge is 0.294 e. The van der Waals surface area contributed by atoms with E-state index >= 15 is 0 Å². The van der Waals surface area contributed by atoms with Gasteiger partial charge in [-0.15, -0.1) is 0 Å². The van der Waals surface area contributed by atoms with Crippen molar-refractivity contribution in [1.29, 1.82) is 0 Å². The molecule has 1 rings (SSSR count). The minimum Gasteiger partial charge on any atom is -0.294 e. The molecule has 0 aliphatic carbocycles. The van der Waals surface area contributed by atoms with Crippen molar-refractivity contribution in [2.45, 2.75) is 6.17 Å². The van der Waals surface area contributed by atoms with Crippen LogP contribution in [0.25, 0.3) is 0 Å². The molecule has 0 amide bonds. The number of nitrogens with two attached hydrogens (primary N) is 1. The smallest absolute Gasteiger partial charge is 0.280 e. The van der Waals surface area contributed by atoms with Crippen molar-refractivity contribution in [2.24, 2.45) is 5.84 Å². The maximum Gasteiger partial charge on any atom is 0.280 e. The lowest BCUT2D eigenvalue weighted by atomic mass is 10.4. The Hall–Kier alpha value is -1.26. The van der Waals surface area contributed by atoms with Gasteiger partial charge in [-0.2, -0.15) is 9.99 Å².